The van der Waals surface area contributed by atoms with E-state index in [1.165, 1.54) is 10.5 Å². The number of amides is 3. The molecule has 0 radical (unpaired) electrons. The fraction of sp³-hybridized carbons (Fsp3) is 0.400. The van der Waals surface area contributed by atoms with Gasteiger partial charge in [0.25, 0.3) is 11.8 Å². The number of carbonyl (C=O) groups is 3. The van der Waals surface area contributed by atoms with Crippen LogP contribution in [0.3, 0.4) is 0 Å². The molecule has 158 valence electrons. The number of rotatable bonds is 4. The summed E-state index contributed by atoms with van der Waals surface area (Å²) in [7, 11) is 0. The lowest BCUT2D eigenvalue weighted by atomic mass is 9.87. The second-order valence-electron chi connectivity index (χ2n) is 9.81. The van der Waals surface area contributed by atoms with Gasteiger partial charge in [0.2, 0.25) is 5.91 Å². The lowest BCUT2D eigenvalue weighted by molar-refractivity contribution is -0.125. The first-order valence-corrected chi connectivity index (χ1v) is 10.3. The first-order chi connectivity index (χ1) is 13.9. The number of hydrogen-bond donors (Lipinski definition) is 0. The van der Waals surface area contributed by atoms with E-state index in [0.29, 0.717) is 11.1 Å². The van der Waals surface area contributed by atoms with Gasteiger partial charge in [-0.1, -0.05) is 65.8 Å². The summed E-state index contributed by atoms with van der Waals surface area (Å²) in [5.41, 5.74) is 2.20. The van der Waals surface area contributed by atoms with Crippen LogP contribution in [0.5, 0.6) is 0 Å². The van der Waals surface area contributed by atoms with Crippen LogP contribution in [-0.4, -0.2) is 35.7 Å². The molecule has 5 nitrogen and oxygen atoms in total. The highest BCUT2D eigenvalue weighted by atomic mass is 16.2. The van der Waals surface area contributed by atoms with E-state index in [1.54, 1.807) is 29.2 Å². The molecule has 0 aliphatic carbocycles. The minimum Gasteiger partial charge on any atom is -0.310 e. The predicted molar refractivity (Wildman–Crippen MR) is 119 cm³/mol. The standard InChI is InChI=1S/C25H30N2O3/c1-24(2,3)17-11-13-18(14-12-17)26(23(30)25(4,5)6)15-16-27-21(28)19-9-7-8-10-20(19)22(27)29/h7-14H,15-16H2,1-6H3. The Morgan fingerprint density at radius 3 is 1.77 bits per heavy atom. The Balaban J connectivity index is 1.85. The van der Waals surface area contributed by atoms with Crippen LogP contribution in [0.4, 0.5) is 5.69 Å². The summed E-state index contributed by atoms with van der Waals surface area (Å²) >= 11 is 0. The minimum atomic E-state index is -0.593. The van der Waals surface area contributed by atoms with Crippen LogP contribution < -0.4 is 4.90 Å². The van der Waals surface area contributed by atoms with E-state index in [2.05, 4.69) is 20.8 Å². The summed E-state index contributed by atoms with van der Waals surface area (Å²) in [6, 6.07) is 14.8. The average Bonchev–Trinajstić information content (AvgIpc) is 2.92. The molecule has 0 saturated heterocycles. The highest BCUT2D eigenvalue weighted by molar-refractivity contribution is 6.21. The molecule has 30 heavy (non-hydrogen) atoms. The summed E-state index contributed by atoms with van der Waals surface area (Å²) < 4.78 is 0. The third-order valence-electron chi connectivity index (χ3n) is 5.36. The van der Waals surface area contributed by atoms with Crippen molar-refractivity contribution in [2.24, 2.45) is 5.41 Å². The fourth-order valence-electron chi connectivity index (χ4n) is 3.54. The van der Waals surface area contributed by atoms with E-state index in [4.69, 9.17) is 0 Å². The Bertz CT molecular complexity index is 944. The molecule has 1 aliphatic rings. The number of nitrogens with zero attached hydrogens (tertiary/aromatic N) is 2. The van der Waals surface area contributed by atoms with Gasteiger partial charge in [-0.3, -0.25) is 19.3 Å². The largest absolute Gasteiger partial charge is 0.310 e. The Morgan fingerprint density at radius 2 is 1.33 bits per heavy atom. The first kappa shape index (κ1) is 21.8. The molecule has 0 aromatic heterocycles. The van der Waals surface area contributed by atoms with Gasteiger partial charge in [-0.2, -0.15) is 0 Å². The molecule has 0 bridgehead atoms. The molecule has 2 aromatic carbocycles. The molecule has 2 aromatic rings. The number of benzene rings is 2. The van der Waals surface area contributed by atoms with E-state index >= 15 is 0 Å². The second-order valence-corrected chi connectivity index (χ2v) is 9.81. The van der Waals surface area contributed by atoms with Crippen molar-refractivity contribution in [3.63, 3.8) is 0 Å². The van der Waals surface area contributed by atoms with E-state index in [9.17, 15) is 14.4 Å². The molecule has 0 N–H and O–H groups in total. The zero-order valence-corrected chi connectivity index (χ0v) is 18.7. The molecule has 5 heteroatoms. The van der Waals surface area contributed by atoms with Gasteiger partial charge in [-0.05, 0) is 35.2 Å². The van der Waals surface area contributed by atoms with E-state index in [1.807, 2.05) is 45.0 Å². The van der Waals surface area contributed by atoms with Gasteiger partial charge in [-0.25, -0.2) is 0 Å². The molecule has 3 amide bonds. The fourth-order valence-corrected chi connectivity index (χ4v) is 3.54. The Kier molecular flexibility index (Phi) is 5.59. The average molecular weight is 407 g/mol. The van der Waals surface area contributed by atoms with Gasteiger partial charge in [-0.15, -0.1) is 0 Å². The van der Waals surface area contributed by atoms with Crippen LogP contribution in [0.2, 0.25) is 0 Å². The minimum absolute atomic E-state index is 0.0115. The van der Waals surface area contributed by atoms with E-state index in [-0.39, 0.29) is 36.2 Å². The van der Waals surface area contributed by atoms with Crippen molar-refractivity contribution in [2.45, 2.75) is 47.0 Å². The van der Waals surface area contributed by atoms with Gasteiger partial charge in [0, 0.05) is 24.2 Å². The lowest BCUT2D eigenvalue weighted by Crippen LogP contribution is -2.45. The van der Waals surface area contributed by atoms with Crippen LogP contribution in [-0.2, 0) is 10.2 Å². The number of anilines is 1. The first-order valence-electron chi connectivity index (χ1n) is 10.3. The number of hydrogen-bond acceptors (Lipinski definition) is 3. The van der Waals surface area contributed by atoms with Crippen molar-refractivity contribution in [2.75, 3.05) is 18.0 Å². The van der Waals surface area contributed by atoms with Crippen LogP contribution >= 0.6 is 0 Å². The highest BCUT2D eigenvalue weighted by Gasteiger charge is 2.36. The van der Waals surface area contributed by atoms with Crippen LogP contribution in [0.1, 0.15) is 67.8 Å². The molecule has 0 atom stereocenters. The van der Waals surface area contributed by atoms with Gasteiger partial charge in [0.05, 0.1) is 11.1 Å². The predicted octanol–water partition coefficient (Wildman–Crippen LogP) is 4.66. The van der Waals surface area contributed by atoms with Gasteiger partial charge in [0.1, 0.15) is 0 Å². The van der Waals surface area contributed by atoms with Crippen molar-refractivity contribution >= 4 is 23.4 Å². The van der Waals surface area contributed by atoms with Crippen LogP contribution in [0, 0.1) is 5.41 Å². The Hall–Kier alpha value is -2.95. The molecular formula is C25H30N2O3. The number of imide groups is 1. The molecule has 1 aliphatic heterocycles. The summed E-state index contributed by atoms with van der Waals surface area (Å²) in [6.07, 6.45) is 0. The third kappa shape index (κ3) is 4.16. The summed E-state index contributed by atoms with van der Waals surface area (Å²) in [5, 5.41) is 0. The summed E-state index contributed by atoms with van der Waals surface area (Å²) in [5.74, 6) is -0.661. The monoisotopic (exact) mass is 406 g/mol. The van der Waals surface area contributed by atoms with Crippen LogP contribution in [0.25, 0.3) is 0 Å². The Morgan fingerprint density at radius 1 is 0.833 bits per heavy atom. The van der Waals surface area contributed by atoms with Gasteiger partial charge < -0.3 is 4.90 Å². The molecule has 0 spiro atoms. The number of carbonyl (C=O) groups excluding carboxylic acids is 3. The topological polar surface area (TPSA) is 57.7 Å². The van der Waals surface area contributed by atoms with Crippen molar-refractivity contribution in [1.82, 2.24) is 4.90 Å². The maximum atomic E-state index is 13.2. The van der Waals surface area contributed by atoms with Crippen molar-refractivity contribution in [3.8, 4) is 0 Å². The third-order valence-corrected chi connectivity index (χ3v) is 5.36. The quantitative estimate of drug-likeness (QED) is 0.694. The second kappa shape index (κ2) is 7.71. The molecule has 0 fully saturated rings. The molecular weight excluding hydrogens is 376 g/mol. The highest BCUT2D eigenvalue weighted by Crippen LogP contribution is 2.28. The van der Waals surface area contributed by atoms with Crippen molar-refractivity contribution < 1.29 is 14.4 Å². The van der Waals surface area contributed by atoms with Gasteiger partial charge >= 0.3 is 0 Å². The smallest absolute Gasteiger partial charge is 0.261 e. The molecule has 0 unspecified atom stereocenters. The summed E-state index contributed by atoms with van der Waals surface area (Å²) in [6.45, 7) is 12.4. The summed E-state index contributed by atoms with van der Waals surface area (Å²) in [4.78, 5) is 41.4. The zero-order chi connectivity index (χ0) is 22.3. The van der Waals surface area contributed by atoms with E-state index < -0.39 is 5.41 Å². The zero-order valence-electron chi connectivity index (χ0n) is 18.7. The van der Waals surface area contributed by atoms with E-state index in [0.717, 1.165) is 5.69 Å². The van der Waals surface area contributed by atoms with Gasteiger partial charge in [0.15, 0.2) is 0 Å². The lowest BCUT2D eigenvalue weighted by Gasteiger charge is -2.31. The number of fused-ring (bicyclic) bond motifs is 1. The Labute approximate surface area is 178 Å². The molecule has 1 heterocycles. The maximum Gasteiger partial charge on any atom is 0.261 e. The normalized spacial score (nSPS) is 14.1. The molecule has 0 saturated carbocycles. The molecule has 3 rings (SSSR count). The van der Waals surface area contributed by atoms with Crippen molar-refractivity contribution in [3.05, 3.63) is 65.2 Å². The SMILES string of the molecule is CC(C)(C)C(=O)N(CCN1C(=O)c2ccccc2C1=O)c1ccc(C(C)(C)C)cc1. The maximum absolute atomic E-state index is 13.2. The van der Waals surface area contributed by atoms with Crippen LogP contribution in [0.15, 0.2) is 48.5 Å². The van der Waals surface area contributed by atoms with Crippen molar-refractivity contribution in [1.29, 1.82) is 0 Å².